The molecule has 0 aliphatic rings. The molecule has 0 aliphatic carbocycles. The Bertz CT molecular complexity index is 318. The highest BCUT2D eigenvalue weighted by molar-refractivity contribution is 5.86. The van der Waals surface area contributed by atoms with Crippen molar-refractivity contribution < 1.29 is 9.90 Å². The van der Waals surface area contributed by atoms with Crippen molar-refractivity contribution in [1.82, 2.24) is 0 Å². The van der Waals surface area contributed by atoms with Gasteiger partial charge in [0.05, 0.1) is 0 Å². The smallest absolute Gasteiger partial charge is 0.331 e. The second-order valence-corrected chi connectivity index (χ2v) is 7.39. The standard InChI is InChI=1S/C21H40O2/c1-5-7-14-19(6-2)16-17-20(21(22)23)15-12-10-8-9-11-13-18(3)4/h17-19H,5-16H2,1-4H3,(H,22,23). The second kappa shape index (κ2) is 14.8. The third kappa shape index (κ3) is 13.4. The summed E-state index contributed by atoms with van der Waals surface area (Å²) >= 11 is 0. The normalized spacial score (nSPS) is 13.5. The van der Waals surface area contributed by atoms with Gasteiger partial charge in [0.2, 0.25) is 0 Å². The van der Waals surface area contributed by atoms with Crippen LogP contribution in [0.3, 0.4) is 0 Å². The van der Waals surface area contributed by atoms with Gasteiger partial charge in [0.15, 0.2) is 0 Å². The number of unbranched alkanes of at least 4 members (excludes halogenated alkanes) is 5. The molecule has 0 radical (unpaired) electrons. The van der Waals surface area contributed by atoms with Gasteiger partial charge in [-0.3, -0.25) is 0 Å². The Labute approximate surface area is 144 Å². The van der Waals surface area contributed by atoms with Crippen LogP contribution in [-0.2, 0) is 4.79 Å². The van der Waals surface area contributed by atoms with Gasteiger partial charge in [-0.1, -0.05) is 91.6 Å². The molecule has 0 rings (SSSR count). The van der Waals surface area contributed by atoms with Crippen molar-refractivity contribution in [2.45, 2.75) is 105 Å². The van der Waals surface area contributed by atoms with Crippen LogP contribution in [0.4, 0.5) is 0 Å². The maximum Gasteiger partial charge on any atom is 0.331 e. The first-order valence-corrected chi connectivity index (χ1v) is 9.93. The minimum Gasteiger partial charge on any atom is -0.478 e. The maximum atomic E-state index is 11.4. The van der Waals surface area contributed by atoms with Gasteiger partial charge in [-0.15, -0.1) is 0 Å². The molecule has 2 nitrogen and oxygen atoms in total. The van der Waals surface area contributed by atoms with Gasteiger partial charge in [0.25, 0.3) is 0 Å². The number of hydrogen-bond donors (Lipinski definition) is 1. The van der Waals surface area contributed by atoms with Gasteiger partial charge in [0, 0.05) is 5.57 Å². The van der Waals surface area contributed by atoms with Crippen LogP contribution in [0, 0.1) is 11.8 Å². The number of carboxylic acid groups (broad SMARTS) is 1. The fraction of sp³-hybridized carbons (Fsp3) is 0.857. The van der Waals surface area contributed by atoms with Crippen LogP contribution < -0.4 is 0 Å². The second-order valence-electron chi connectivity index (χ2n) is 7.39. The van der Waals surface area contributed by atoms with E-state index in [1.54, 1.807) is 0 Å². The van der Waals surface area contributed by atoms with Crippen LogP contribution in [0.1, 0.15) is 105 Å². The lowest BCUT2D eigenvalue weighted by Crippen LogP contribution is -2.03. The molecule has 0 spiro atoms. The molecule has 0 aromatic heterocycles. The van der Waals surface area contributed by atoms with Gasteiger partial charge >= 0.3 is 5.97 Å². The summed E-state index contributed by atoms with van der Waals surface area (Å²) in [6.45, 7) is 8.97. The summed E-state index contributed by atoms with van der Waals surface area (Å²) in [6, 6.07) is 0. The molecule has 0 heterocycles. The highest BCUT2D eigenvalue weighted by atomic mass is 16.4. The molecule has 23 heavy (non-hydrogen) atoms. The van der Waals surface area contributed by atoms with Crippen molar-refractivity contribution in [1.29, 1.82) is 0 Å². The van der Waals surface area contributed by atoms with Crippen molar-refractivity contribution in [2.75, 3.05) is 0 Å². The Balaban J connectivity index is 4.01. The predicted molar refractivity (Wildman–Crippen MR) is 101 cm³/mol. The Morgan fingerprint density at radius 3 is 2.17 bits per heavy atom. The SMILES string of the molecule is CCCCC(CC)CC=C(CCCCCCCC(C)C)C(=O)O. The van der Waals surface area contributed by atoms with Crippen molar-refractivity contribution >= 4 is 5.97 Å². The number of carboxylic acids is 1. The zero-order chi connectivity index (χ0) is 17.5. The summed E-state index contributed by atoms with van der Waals surface area (Å²) in [5.41, 5.74) is 0.641. The lowest BCUT2D eigenvalue weighted by molar-refractivity contribution is -0.132. The minimum atomic E-state index is -0.713. The van der Waals surface area contributed by atoms with Crippen LogP contribution in [0.5, 0.6) is 0 Å². The van der Waals surface area contributed by atoms with E-state index in [1.165, 1.54) is 44.9 Å². The Kier molecular flexibility index (Phi) is 14.3. The van der Waals surface area contributed by atoms with Crippen LogP contribution in [0.15, 0.2) is 11.6 Å². The molecule has 0 fully saturated rings. The quantitative estimate of drug-likeness (QED) is 0.260. The summed E-state index contributed by atoms with van der Waals surface area (Å²) in [7, 11) is 0. The molecule has 1 N–H and O–H groups in total. The van der Waals surface area contributed by atoms with E-state index < -0.39 is 5.97 Å². The van der Waals surface area contributed by atoms with Crippen LogP contribution in [0.2, 0.25) is 0 Å². The summed E-state index contributed by atoms with van der Waals surface area (Å²) in [5, 5.41) is 9.37. The summed E-state index contributed by atoms with van der Waals surface area (Å²) < 4.78 is 0. The van der Waals surface area contributed by atoms with E-state index in [1.807, 2.05) is 6.08 Å². The average molecular weight is 325 g/mol. The lowest BCUT2D eigenvalue weighted by atomic mass is 9.94. The molecular formula is C21H40O2. The van der Waals surface area contributed by atoms with Gasteiger partial charge < -0.3 is 5.11 Å². The van der Waals surface area contributed by atoms with E-state index in [-0.39, 0.29) is 0 Å². The molecule has 0 saturated carbocycles. The molecule has 2 heteroatoms. The number of allylic oxidation sites excluding steroid dienone is 1. The first-order chi connectivity index (χ1) is 11.0. The number of carbonyl (C=O) groups is 1. The fourth-order valence-electron chi connectivity index (χ4n) is 2.99. The molecular weight excluding hydrogens is 284 g/mol. The van der Waals surface area contributed by atoms with E-state index in [2.05, 4.69) is 27.7 Å². The molecule has 1 atom stereocenters. The maximum absolute atomic E-state index is 11.4. The van der Waals surface area contributed by atoms with Crippen molar-refractivity contribution in [3.63, 3.8) is 0 Å². The highest BCUT2D eigenvalue weighted by Crippen LogP contribution is 2.20. The van der Waals surface area contributed by atoms with E-state index in [4.69, 9.17) is 0 Å². The highest BCUT2D eigenvalue weighted by Gasteiger charge is 2.09. The van der Waals surface area contributed by atoms with Gasteiger partial charge in [-0.25, -0.2) is 4.79 Å². The number of rotatable bonds is 15. The molecule has 0 aliphatic heterocycles. The van der Waals surface area contributed by atoms with E-state index in [0.717, 1.165) is 38.0 Å². The van der Waals surface area contributed by atoms with Crippen LogP contribution in [-0.4, -0.2) is 11.1 Å². The Hall–Kier alpha value is -0.790. The zero-order valence-electron chi connectivity index (χ0n) is 16.1. The summed E-state index contributed by atoms with van der Waals surface area (Å²) in [6.07, 6.45) is 15.9. The molecule has 0 amide bonds. The molecule has 0 aromatic rings. The zero-order valence-corrected chi connectivity index (χ0v) is 16.1. The number of aliphatic carboxylic acids is 1. The van der Waals surface area contributed by atoms with Gasteiger partial charge in [-0.05, 0) is 31.1 Å². The first kappa shape index (κ1) is 22.2. The fourth-order valence-corrected chi connectivity index (χ4v) is 2.99. The molecule has 0 bridgehead atoms. The molecule has 1 unspecified atom stereocenters. The van der Waals surface area contributed by atoms with E-state index >= 15 is 0 Å². The molecule has 136 valence electrons. The minimum absolute atomic E-state index is 0.641. The van der Waals surface area contributed by atoms with E-state index in [9.17, 15) is 9.90 Å². The Morgan fingerprint density at radius 1 is 0.957 bits per heavy atom. The topological polar surface area (TPSA) is 37.3 Å². The molecule has 0 aromatic carbocycles. The van der Waals surface area contributed by atoms with Gasteiger partial charge in [-0.2, -0.15) is 0 Å². The average Bonchev–Trinajstić information content (AvgIpc) is 2.51. The first-order valence-electron chi connectivity index (χ1n) is 9.93. The van der Waals surface area contributed by atoms with Crippen LogP contribution >= 0.6 is 0 Å². The van der Waals surface area contributed by atoms with Gasteiger partial charge in [0.1, 0.15) is 0 Å². The predicted octanol–water partition coefficient (Wildman–Crippen LogP) is 6.99. The molecule has 0 saturated heterocycles. The number of hydrogen-bond acceptors (Lipinski definition) is 1. The third-order valence-electron chi connectivity index (χ3n) is 4.74. The van der Waals surface area contributed by atoms with Crippen molar-refractivity contribution in [3.8, 4) is 0 Å². The summed E-state index contributed by atoms with van der Waals surface area (Å²) in [4.78, 5) is 11.4. The summed E-state index contributed by atoms with van der Waals surface area (Å²) in [5.74, 6) is 0.742. The Morgan fingerprint density at radius 2 is 1.61 bits per heavy atom. The lowest BCUT2D eigenvalue weighted by Gasteiger charge is -2.12. The van der Waals surface area contributed by atoms with Crippen molar-refractivity contribution in [3.05, 3.63) is 11.6 Å². The van der Waals surface area contributed by atoms with Crippen molar-refractivity contribution in [2.24, 2.45) is 11.8 Å². The monoisotopic (exact) mass is 324 g/mol. The van der Waals surface area contributed by atoms with E-state index in [0.29, 0.717) is 11.5 Å². The third-order valence-corrected chi connectivity index (χ3v) is 4.74. The largest absolute Gasteiger partial charge is 0.478 e. The van der Waals surface area contributed by atoms with Crippen LogP contribution in [0.25, 0.3) is 0 Å².